The highest BCUT2D eigenvalue weighted by Crippen LogP contribution is 2.11. The molecule has 2 rings (SSSR count). The molecule has 1 aromatic rings. The predicted molar refractivity (Wildman–Crippen MR) is 76.7 cm³/mol. The molecule has 5 nitrogen and oxygen atoms in total. The van der Waals surface area contributed by atoms with Crippen molar-refractivity contribution in [3.8, 4) is 0 Å². The lowest BCUT2D eigenvalue weighted by molar-refractivity contribution is 0.0972. The van der Waals surface area contributed by atoms with Gasteiger partial charge < -0.3 is 5.32 Å². The third kappa shape index (κ3) is 3.73. The fraction of sp³-hybridized carbons (Fsp3) is 0.333. The van der Waals surface area contributed by atoms with Crippen LogP contribution in [0.2, 0.25) is 0 Å². The Balaban J connectivity index is 1.92. The van der Waals surface area contributed by atoms with E-state index < -0.39 is 21.6 Å². The fourth-order valence-corrected chi connectivity index (χ4v) is 3.88. The summed E-state index contributed by atoms with van der Waals surface area (Å²) >= 11 is 4.92. The van der Waals surface area contributed by atoms with Crippen LogP contribution < -0.4 is 10.6 Å². The Morgan fingerprint density at radius 3 is 2.65 bits per heavy atom. The van der Waals surface area contributed by atoms with Crippen LogP contribution in [-0.2, 0) is 9.84 Å². The number of halogens is 1. The molecule has 1 saturated heterocycles. The van der Waals surface area contributed by atoms with Gasteiger partial charge in [-0.3, -0.25) is 10.1 Å². The highest BCUT2D eigenvalue weighted by atomic mass is 32.2. The van der Waals surface area contributed by atoms with E-state index in [0.29, 0.717) is 6.42 Å². The second kappa shape index (κ2) is 5.84. The lowest BCUT2D eigenvalue weighted by Crippen LogP contribution is -2.45. The third-order valence-electron chi connectivity index (χ3n) is 2.91. The Labute approximate surface area is 121 Å². The van der Waals surface area contributed by atoms with E-state index in [0.717, 1.165) is 0 Å². The van der Waals surface area contributed by atoms with E-state index in [9.17, 15) is 17.6 Å². The molecule has 0 spiro atoms. The van der Waals surface area contributed by atoms with E-state index in [2.05, 4.69) is 10.6 Å². The van der Waals surface area contributed by atoms with E-state index >= 15 is 0 Å². The first kappa shape index (κ1) is 14.9. The van der Waals surface area contributed by atoms with Gasteiger partial charge in [0.15, 0.2) is 14.9 Å². The van der Waals surface area contributed by atoms with Crippen molar-refractivity contribution in [1.82, 2.24) is 10.6 Å². The minimum absolute atomic E-state index is 0.000327. The first-order valence-corrected chi connectivity index (χ1v) is 8.17. The summed E-state index contributed by atoms with van der Waals surface area (Å²) in [6.07, 6.45) is 0.443. The first-order chi connectivity index (χ1) is 9.37. The lowest BCUT2D eigenvalue weighted by Gasteiger charge is -2.14. The molecule has 0 unspecified atom stereocenters. The molecule has 20 heavy (non-hydrogen) atoms. The number of hydrogen-bond acceptors (Lipinski definition) is 4. The van der Waals surface area contributed by atoms with Crippen LogP contribution in [0.3, 0.4) is 0 Å². The summed E-state index contributed by atoms with van der Waals surface area (Å²) in [4.78, 5) is 11.8. The third-order valence-corrected chi connectivity index (χ3v) is 4.90. The number of amides is 1. The van der Waals surface area contributed by atoms with Gasteiger partial charge in [0.1, 0.15) is 5.82 Å². The van der Waals surface area contributed by atoms with Crippen LogP contribution in [0.4, 0.5) is 4.39 Å². The Morgan fingerprint density at radius 2 is 2.05 bits per heavy atom. The average molecular weight is 316 g/mol. The molecule has 0 saturated carbocycles. The molecule has 1 heterocycles. The number of nitrogens with one attached hydrogen (secondary N) is 2. The normalized spacial score (nSPS) is 20.4. The molecule has 8 heteroatoms. The number of sulfone groups is 1. The maximum absolute atomic E-state index is 13.4. The van der Waals surface area contributed by atoms with Gasteiger partial charge >= 0.3 is 0 Å². The topological polar surface area (TPSA) is 75.3 Å². The van der Waals surface area contributed by atoms with Gasteiger partial charge in [0.2, 0.25) is 0 Å². The van der Waals surface area contributed by atoms with E-state index in [1.165, 1.54) is 24.3 Å². The largest absolute Gasteiger partial charge is 0.359 e. The van der Waals surface area contributed by atoms with Gasteiger partial charge in [0.25, 0.3) is 5.91 Å². The standard InChI is InChI=1S/C12H13FN2O3S2/c13-10-4-2-1-3-9(10)11(16)15-12(19)14-8-5-6-20(17,18)7-8/h1-4,8H,5-7H2,(H2,14,15,16,19)/t8-/m1/s1. The highest BCUT2D eigenvalue weighted by molar-refractivity contribution is 7.91. The molecule has 1 fully saturated rings. The van der Waals surface area contributed by atoms with Crippen molar-refractivity contribution in [2.45, 2.75) is 12.5 Å². The van der Waals surface area contributed by atoms with Crippen molar-refractivity contribution in [2.24, 2.45) is 0 Å². The predicted octanol–water partition coefficient (Wildman–Crippen LogP) is 0.617. The summed E-state index contributed by atoms with van der Waals surface area (Å²) in [5.74, 6) is -1.21. The van der Waals surface area contributed by atoms with E-state index in [1.54, 1.807) is 0 Å². The molecule has 1 aliphatic heterocycles. The van der Waals surface area contributed by atoms with E-state index in [4.69, 9.17) is 12.2 Å². The van der Waals surface area contributed by atoms with Crippen molar-refractivity contribution in [1.29, 1.82) is 0 Å². The van der Waals surface area contributed by atoms with Crippen molar-refractivity contribution >= 4 is 33.1 Å². The molecule has 0 radical (unpaired) electrons. The number of benzene rings is 1. The van der Waals surface area contributed by atoms with Crippen LogP contribution in [0.15, 0.2) is 24.3 Å². The lowest BCUT2D eigenvalue weighted by atomic mass is 10.2. The monoisotopic (exact) mass is 316 g/mol. The molecular formula is C12H13FN2O3S2. The van der Waals surface area contributed by atoms with Crippen molar-refractivity contribution < 1.29 is 17.6 Å². The van der Waals surface area contributed by atoms with Gasteiger partial charge in [0.05, 0.1) is 17.1 Å². The zero-order valence-electron chi connectivity index (χ0n) is 10.4. The fourth-order valence-electron chi connectivity index (χ4n) is 1.95. The van der Waals surface area contributed by atoms with Gasteiger partial charge in [-0.15, -0.1) is 0 Å². The number of carbonyl (C=O) groups is 1. The van der Waals surface area contributed by atoms with Crippen LogP contribution in [0.1, 0.15) is 16.8 Å². The molecule has 2 N–H and O–H groups in total. The number of hydrogen-bond donors (Lipinski definition) is 2. The molecule has 1 amide bonds. The van der Waals surface area contributed by atoms with Crippen LogP contribution in [0.25, 0.3) is 0 Å². The maximum atomic E-state index is 13.4. The Hall–Kier alpha value is -1.54. The maximum Gasteiger partial charge on any atom is 0.260 e. The number of carbonyl (C=O) groups excluding carboxylic acids is 1. The van der Waals surface area contributed by atoms with Gasteiger partial charge in [-0.25, -0.2) is 12.8 Å². The zero-order chi connectivity index (χ0) is 14.8. The van der Waals surface area contributed by atoms with Crippen LogP contribution in [0.5, 0.6) is 0 Å². The van der Waals surface area contributed by atoms with Crippen LogP contribution in [0, 0.1) is 5.82 Å². The molecule has 1 aliphatic rings. The first-order valence-electron chi connectivity index (χ1n) is 5.94. The quantitative estimate of drug-likeness (QED) is 0.782. The highest BCUT2D eigenvalue weighted by Gasteiger charge is 2.28. The molecule has 108 valence electrons. The summed E-state index contributed by atoms with van der Waals surface area (Å²) in [5.41, 5.74) is -0.115. The molecule has 0 aliphatic carbocycles. The van der Waals surface area contributed by atoms with E-state index in [1.807, 2.05) is 0 Å². The minimum atomic E-state index is -3.02. The molecule has 1 atom stereocenters. The van der Waals surface area contributed by atoms with Gasteiger partial charge in [-0.2, -0.15) is 0 Å². The van der Waals surface area contributed by atoms with Gasteiger partial charge in [-0.05, 0) is 30.8 Å². The Morgan fingerprint density at radius 1 is 1.35 bits per heavy atom. The van der Waals surface area contributed by atoms with Crippen molar-refractivity contribution in [3.05, 3.63) is 35.6 Å². The average Bonchev–Trinajstić information content (AvgIpc) is 2.68. The SMILES string of the molecule is O=C(NC(=S)N[C@@H]1CCS(=O)(=O)C1)c1ccccc1F. The van der Waals surface area contributed by atoms with Gasteiger partial charge in [0, 0.05) is 6.04 Å². The second-order valence-corrected chi connectivity index (χ2v) is 7.14. The summed E-state index contributed by atoms with van der Waals surface area (Å²) < 4.78 is 36.0. The van der Waals surface area contributed by atoms with Crippen LogP contribution in [-0.4, -0.2) is 37.0 Å². The summed E-state index contributed by atoms with van der Waals surface area (Å²) in [7, 11) is -3.02. The van der Waals surface area contributed by atoms with Crippen LogP contribution >= 0.6 is 12.2 Å². The van der Waals surface area contributed by atoms with Crippen molar-refractivity contribution in [3.63, 3.8) is 0 Å². The molecule has 1 aromatic carbocycles. The number of rotatable bonds is 2. The summed E-state index contributed by atoms with van der Waals surface area (Å²) in [5, 5.41) is 5.09. The zero-order valence-corrected chi connectivity index (χ0v) is 12.1. The second-order valence-electron chi connectivity index (χ2n) is 4.51. The Kier molecular flexibility index (Phi) is 4.34. The molecular weight excluding hydrogens is 303 g/mol. The summed E-state index contributed by atoms with van der Waals surface area (Å²) in [6.45, 7) is 0. The van der Waals surface area contributed by atoms with Gasteiger partial charge in [-0.1, -0.05) is 12.1 Å². The summed E-state index contributed by atoms with van der Waals surface area (Å²) in [6, 6.07) is 5.22. The minimum Gasteiger partial charge on any atom is -0.359 e. The van der Waals surface area contributed by atoms with E-state index in [-0.39, 0.29) is 28.2 Å². The number of thiocarbonyl (C=S) groups is 1. The molecule has 0 bridgehead atoms. The smallest absolute Gasteiger partial charge is 0.260 e. The Bertz CT molecular complexity index is 646. The van der Waals surface area contributed by atoms with Crippen molar-refractivity contribution in [2.75, 3.05) is 11.5 Å². The molecule has 0 aromatic heterocycles.